The number of halogens is 1. The standard InChI is InChI=1S/C19H22N4O3.ClH/c1-13(19(24)21-15-7-9-16(10-8-15)23(25)26)22-11-17(18(20)12-22)14-5-3-2-4-6-14;/h2-10,13,17-18H,11-12,20H2,1H3,(H,21,24);1H/t13?,17-,18+;/m0./s1. The Morgan fingerprint density at radius 1 is 1.19 bits per heavy atom. The summed E-state index contributed by atoms with van der Waals surface area (Å²) in [6.07, 6.45) is 0. The highest BCUT2D eigenvalue weighted by Gasteiger charge is 2.35. The summed E-state index contributed by atoms with van der Waals surface area (Å²) in [5.41, 5.74) is 8.02. The summed E-state index contributed by atoms with van der Waals surface area (Å²) in [5, 5.41) is 13.5. The molecule has 1 unspecified atom stereocenters. The number of nitrogens with zero attached hydrogens (tertiary/aromatic N) is 2. The van der Waals surface area contributed by atoms with Crippen LogP contribution in [0.25, 0.3) is 0 Å². The molecule has 1 amide bonds. The van der Waals surface area contributed by atoms with Gasteiger partial charge in [0.25, 0.3) is 5.69 Å². The van der Waals surface area contributed by atoms with Crippen LogP contribution >= 0.6 is 12.4 Å². The second-order valence-electron chi connectivity index (χ2n) is 6.60. The average Bonchev–Trinajstić information content (AvgIpc) is 3.04. The van der Waals surface area contributed by atoms with Crippen molar-refractivity contribution in [3.8, 4) is 0 Å². The summed E-state index contributed by atoms with van der Waals surface area (Å²) in [6, 6.07) is 15.5. The third-order valence-electron chi connectivity index (χ3n) is 4.89. The molecular weight excluding hydrogens is 368 g/mol. The quantitative estimate of drug-likeness (QED) is 0.603. The summed E-state index contributed by atoms with van der Waals surface area (Å²) in [7, 11) is 0. The van der Waals surface area contributed by atoms with Gasteiger partial charge in [0, 0.05) is 42.9 Å². The lowest BCUT2D eigenvalue weighted by atomic mass is 9.95. The zero-order chi connectivity index (χ0) is 18.7. The number of nitrogens with two attached hydrogens (primary N) is 1. The van der Waals surface area contributed by atoms with Crippen LogP contribution in [-0.4, -0.2) is 40.9 Å². The molecule has 144 valence electrons. The molecule has 0 aliphatic carbocycles. The number of amides is 1. The summed E-state index contributed by atoms with van der Waals surface area (Å²) in [4.78, 5) is 24.8. The molecule has 0 saturated carbocycles. The first-order chi connectivity index (χ1) is 12.5. The minimum Gasteiger partial charge on any atom is -0.326 e. The van der Waals surface area contributed by atoms with Gasteiger partial charge in [-0.25, -0.2) is 0 Å². The van der Waals surface area contributed by atoms with E-state index in [-0.39, 0.29) is 42.0 Å². The van der Waals surface area contributed by atoms with Crippen molar-refractivity contribution >= 4 is 29.7 Å². The molecule has 3 N–H and O–H groups in total. The molecule has 3 rings (SSSR count). The van der Waals surface area contributed by atoms with Gasteiger partial charge in [-0.15, -0.1) is 12.4 Å². The molecule has 2 aromatic rings. The Labute approximate surface area is 164 Å². The van der Waals surface area contributed by atoms with E-state index < -0.39 is 4.92 Å². The fourth-order valence-corrected chi connectivity index (χ4v) is 3.31. The number of likely N-dealkylation sites (tertiary alicyclic amines) is 1. The number of non-ortho nitro benzene ring substituents is 1. The van der Waals surface area contributed by atoms with Gasteiger partial charge in [-0.1, -0.05) is 30.3 Å². The minimum atomic E-state index is -0.469. The van der Waals surface area contributed by atoms with Crippen LogP contribution in [0.5, 0.6) is 0 Å². The molecule has 0 spiro atoms. The molecule has 2 aromatic carbocycles. The zero-order valence-corrected chi connectivity index (χ0v) is 15.8. The van der Waals surface area contributed by atoms with E-state index in [1.54, 1.807) is 0 Å². The summed E-state index contributed by atoms with van der Waals surface area (Å²) in [5.74, 6) is 0.0468. The topological polar surface area (TPSA) is 101 Å². The van der Waals surface area contributed by atoms with Crippen molar-refractivity contribution in [1.29, 1.82) is 0 Å². The van der Waals surface area contributed by atoms with Crippen molar-refractivity contribution in [2.24, 2.45) is 5.73 Å². The molecule has 1 fully saturated rings. The van der Waals surface area contributed by atoms with Gasteiger partial charge in [-0.05, 0) is 24.6 Å². The number of carbonyl (C=O) groups excluding carboxylic acids is 1. The van der Waals surface area contributed by atoms with E-state index in [0.717, 1.165) is 6.54 Å². The largest absolute Gasteiger partial charge is 0.326 e. The van der Waals surface area contributed by atoms with Gasteiger partial charge in [-0.3, -0.25) is 19.8 Å². The molecule has 0 radical (unpaired) electrons. The summed E-state index contributed by atoms with van der Waals surface area (Å²) >= 11 is 0. The Balaban J connectivity index is 0.00000261. The third kappa shape index (κ3) is 4.82. The highest BCUT2D eigenvalue weighted by molar-refractivity contribution is 5.94. The number of hydrogen-bond acceptors (Lipinski definition) is 5. The maximum Gasteiger partial charge on any atom is 0.269 e. The van der Waals surface area contributed by atoms with Gasteiger partial charge >= 0.3 is 0 Å². The SMILES string of the molecule is CC(C(=O)Nc1ccc([N+](=O)[O-])cc1)N1C[C@@H](N)[C@H](c2ccccc2)C1.Cl. The summed E-state index contributed by atoms with van der Waals surface area (Å²) in [6.45, 7) is 3.22. The van der Waals surface area contributed by atoms with E-state index in [9.17, 15) is 14.9 Å². The van der Waals surface area contributed by atoms with Crippen LogP contribution in [0.3, 0.4) is 0 Å². The van der Waals surface area contributed by atoms with Crippen molar-refractivity contribution in [1.82, 2.24) is 4.90 Å². The van der Waals surface area contributed by atoms with Crippen molar-refractivity contribution < 1.29 is 9.72 Å². The Bertz CT molecular complexity index is 785. The second kappa shape index (κ2) is 8.94. The average molecular weight is 391 g/mol. The number of nitrogens with one attached hydrogen (secondary N) is 1. The van der Waals surface area contributed by atoms with Gasteiger partial charge in [0.2, 0.25) is 5.91 Å². The van der Waals surface area contributed by atoms with E-state index in [2.05, 4.69) is 22.3 Å². The number of nitro groups is 1. The number of hydrogen-bond donors (Lipinski definition) is 2. The van der Waals surface area contributed by atoms with Crippen molar-refractivity contribution in [3.05, 3.63) is 70.3 Å². The monoisotopic (exact) mass is 390 g/mol. The van der Waals surface area contributed by atoms with E-state index >= 15 is 0 Å². The van der Waals surface area contributed by atoms with Gasteiger partial charge in [0.1, 0.15) is 0 Å². The highest BCUT2D eigenvalue weighted by atomic mass is 35.5. The molecule has 3 atom stereocenters. The maximum atomic E-state index is 12.5. The first-order valence-corrected chi connectivity index (χ1v) is 8.55. The van der Waals surface area contributed by atoms with Crippen molar-refractivity contribution in [2.75, 3.05) is 18.4 Å². The fraction of sp³-hybridized carbons (Fsp3) is 0.316. The van der Waals surface area contributed by atoms with Crippen LogP contribution in [0.4, 0.5) is 11.4 Å². The molecule has 1 heterocycles. The van der Waals surface area contributed by atoms with E-state index in [0.29, 0.717) is 12.2 Å². The molecule has 1 saturated heterocycles. The minimum absolute atomic E-state index is 0. The van der Waals surface area contributed by atoms with Crippen LogP contribution < -0.4 is 11.1 Å². The Morgan fingerprint density at radius 3 is 2.41 bits per heavy atom. The molecule has 1 aliphatic heterocycles. The predicted octanol–water partition coefficient (Wildman–Crippen LogP) is 2.77. The Hall–Kier alpha value is -2.48. The van der Waals surface area contributed by atoms with Crippen LogP contribution in [0.15, 0.2) is 54.6 Å². The van der Waals surface area contributed by atoms with E-state index in [4.69, 9.17) is 5.73 Å². The lowest BCUT2D eigenvalue weighted by Crippen LogP contribution is -2.41. The number of anilines is 1. The number of rotatable bonds is 5. The lowest BCUT2D eigenvalue weighted by molar-refractivity contribution is -0.384. The molecule has 27 heavy (non-hydrogen) atoms. The van der Waals surface area contributed by atoms with E-state index in [1.165, 1.54) is 29.8 Å². The van der Waals surface area contributed by atoms with Gasteiger partial charge < -0.3 is 11.1 Å². The maximum absolute atomic E-state index is 12.5. The zero-order valence-electron chi connectivity index (χ0n) is 14.9. The number of nitro benzene ring substituents is 1. The van der Waals surface area contributed by atoms with Crippen molar-refractivity contribution in [2.45, 2.75) is 24.9 Å². The summed E-state index contributed by atoms with van der Waals surface area (Å²) < 4.78 is 0. The highest BCUT2D eigenvalue weighted by Crippen LogP contribution is 2.28. The normalized spacial score (nSPS) is 20.5. The first kappa shape index (κ1) is 20.8. The van der Waals surface area contributed by atoms with Crippen LogP contribution in [0.2, 0.25) is 0 Å². The molecule has 0 bridgehead atoms. The van der Waals surface area contributed by atoms with Crippen LogP contribution in [0.1, 0.15) is 18.4 Å². The smallest absolute Gasteiger partial charge is 0.269 e. The van der Waals surface area contributed by atoms with Gasteiger partial charge in [-0.2, -0.15) is 0 Å². The van der Waals surface area contributed by atoms with E-state index in [1.807, 2.05) is 25.1 Å². The predicted molar refractivity (Wildman–Crippen MR) is 107 cm³/mol. The molecule has 0 aromatic heterocycles. The van der Waals surface area contributed by atoms with Gasteiger partial charge in [0.15, 0.2) is 0 Å². The van der Waals surface area contributed by atoms with Crippen molar-refractivity contribution in [3.63, 3.8) is 0 Å². The lowest BCUT2D eigenvalue weighted by Gasteiger charge is -2.23. The molecule has 7 nitrogen and oxygen atoms in total. The van der Waals surface area contributed by atoms with Crippen LogP contribution in [-0.2, 0) is 4.79 Å². The molecule has 8 heteroatoms. The second-order valence-corrected chi connectivity index (χ2v) is 6.60. The Morgan fingerprint density at radius 2 is 1.81 bits per heavy atom. The van der Waals surface area contributed by atoms with Crippen LogP contribution in [0, 0.1) is 10.1 Å². The number of benzene rings is 2. The Kier molecular flexibility index (Phi) is 6.90. The van der Waals surface area contributed by atoms with Gasteiger partial charge in [0.05, 0.1) is 11.0 Å². The third-order valence-corrected chi connectivity index (χ3v) is 4.89. The first-order valence-electron chi connectivity index (χ1n) is 8.55. The molecular formula is C19H23ClN4O3. The number of carbonyl (C=O) groups is 1. The molecule has 1 aliphatic rings. The fourth-order valence-electron chi connectivity index (χ4n) is 3.31.